The zero-order valence-electron chi connectivity index (χ0n) is 11.6. The molecule has 1 aromatic carbocycles. The predicted molar refractivity (Wildman–Crippen MR) is 88.1 cm³/mol. The lowest BCUT2D eigenvalue weighted by Crippen LogP contribution is -2.47. The van der Waals surface area contributed by atoms with Gasteiger partial charge in [-0.3, -0.25) is 4.79 Å². The molecule has 0 aromatic heterocycles. The van der Waals surface area contributed by atoms with E-state index in [9.17, 15) is 4.79 Å². The van der Waals surface area contributed by atoms with E-state index in [0.29, 0.717) is 13.0 Å². The van der Waals surface area contributed by atoms with Crippen LogP contribution >= 0.6 is 28.3 Å². The van der Waals surface area contributed by atoms with E-state index >= 15 is 0 Å². The third kappa shape index (κ3) is 4.76. The highest BCUT2D eigenvalue weighted by Crippen LogP contribution is 2.18. The lowest BCUT2D eigenvalue weighted by atomic mass is 10.0. The van der Waals surface area contributed by atoms with Crippen LogP contribution in [0.1, 0.15) is 31.2 Å². The molecular formula is C15H22BrClN2O. The quantitative estimate of drug-likeness (QED) is 0.895. The molecule has 1 atom stereocenters. The van der Waals surface area contributed by atoms with Crippen molar-refractivity contribution < 1.29 is 4.79 Å². The molecule has 0 saturated carbocycles. The van der Waals surface area contributed by atoms with Gasteiger partial charge < -0.3 is 10.6 Å². The number of likely N-dealkylation sites (tertiary alicyclic amines) is 1. The Morgan fingerprint density at radius 3 is 2.90 bits per heavy atom. The molecule has 3 nitrogen and oxygen atoms in total. The Kier molecular flexibility index (Phi) is 7.56. The molecule has 1 fully saturated rings. The van der Waals surface area contributed by atoms with E-state index in [4.69, 9.17) is 5.73 Å². The Balaban J connectivity index is 0.00000200. The van der Waals surface area contributed by atoms with Gasteiger partial charge in [0, 0.05) is 30.0 Å². The molecule has 0 bridgehead atoms. The van der Waals surface area contributed by atoms with Crippen molar-refractivity contribution in [3.05, 3.63) is 34.3 Å². The van der Waals surface area contributed by atoms with Crippen LogP contribution in [0.5, 0.6) is 0 Å². The van der Waals surface area contributed by atoms with Crippen LogP contribution in [0.2, 0.25) is 0 Å². The number of rotatable bonds is 4. The average molecular weight is 362 g/mol. The number of aryl methyl sites for hydroxylation is 1. The Morgan fingerprint density at radius 1 is 1.40 bits per heavy atom. The SMILES string of the molecule is Cl.NCC1CCCCN1C(=O)CCc1cccc(Br)c1. The lowest BCUT2D eigenvalue weighted by Gasteiger charge is -2.35. The van der Waals surface area contributed by atoms with E-state index in [1.165, 1.54) is 12.0 Å². The summed E-state index contributed by atoms with van der Waals surface area (Å²) in [5.74, 6) is 0.245. The second-order valence-electron chi connectivity index (χ2n) is 5.10. The van der Waals surface area contributed by atoms with Gasteiger partial charge in [0.1, 0.15) is 0 Å². The van der Waals surface area contributed by atoms with E-state index in [1.54, 1.807) is 0 Å². The standard InChI is InChI=1S/C15H21BrN2O.ClH/c16-13-5-3-4-12(10-13)7-8-15(19)18-9-2-1-6-14(18)11-17;/h3-5,10,14H,1-2,6-9,11,17H2;1H. The molecule has 1 aliphatic heterocycles. The molecule has 2 N–H and O–H groups in total. The van der Waals surface area contributed by atoms with Gasteiger partial charge in [0.25, 0.3) is 0 Å². The fourth-order valence-electron chi connectivity index (χ4n) is 2.66. The first-order chi connectivity index (χ1) is 9.20. The van der Waals surface area contributed by atoms with Gasteiger partial charge in [0.15, 0.2) is 0 Å². The highest BCUT2D eigenvalue weighted by atomic mass is 79.9. The molecule has 112 valence electrons. The van der Waals surface area contributed by atoms with Crippen molar-refractivity contribution in [3.63, 3.8) is 0 Å². The molecule has 1 aromatic rings. The smallest absolute Gasteiger partial charge is 0.223 e. The fraction of sp³-hybridized carbons (Fsp3) is 0.533. The number of carbonyl (C=O) groups is 1. The first kappa shape index (κ1) is 17.5. The zero-order chi connectivity index (χ0) is 13.7. The molecule has 2 rings (SSSR count). The number of nitrogens with zero attached hydrogens (tertiary/aromatic N) is 1. The first-order valence-corrected chi connectivity index (χ1v) is 7.74. The number of halogens is 2. The number of carbonyl (C=O) groups excluding carboxylic acids is 1. The van der Waals surface area contributed by atoms with Crippen LogP contribution in [0, 0.1) is 0 Å². The van der Waals surface area contributed by atoms with Crippen molar-refractivity contribution in [2.45, 2.75) is 38.1 Å². The maximum atomic E-state index is 12.3. The summed E-state index contributed by atoms with van der Waals surface area (Å²) in [7, 11) is 0. The second kappa shape index (κ2) is 8.65. The van der Waals surface area contributed by atoms with Crippen LogP contribution in [0.4, 0.5) is 0 Å². The van der Waals surface area contributed by atoms with Crippen LogP contribution in [0.3, 0.4) is 0 Å². The van der Waals surface area contributed by atoms with Crippen molar-refractivity contribution in [2.24, 2.45) is 5.73 Å². The van der Waals surface area contributed by atoms with E-state index in [0.717, 1.165) is 30.3 Å². The van der Waals surface area contributed by atoms with Crippen LogP contribution in [0.25, 0.3) is 0 Å². The monoisotopic (exact) mass is 360 g/mol. The van der Waals surface area contributed by atoms with Crippen LogP contribution < -0.4 is 5.73 Å². The van der Waals surface area contributed by atoms with Crippen LogP contribution in [-0.4, -0.2) is 29.9 Å². The highest BCUT2D eigenvalue weighted by Gasteiger charge is 2.24. The van der Waals surface area contributed by atoms with Gasteiger partial charge in [-0.05, 0) is 43.4 Å². The molecule has 0 spiro atoms. The Bertz CT molecular complexity index is 442. The first-order valence-electron chi connectivity index (χ1n) is 6.94. The van der Waals surface area contributed by atoms with E-state index in [-0.39, 0.29) is 24.4 Å². The summed E-state index contributed by atoms with van der Waals surface area (Å²) in [6, 6.07) is 8.40. The number of piperidine rings is 1. The number of hydrogen-bond acceptors (Lipinski definition) is 2. The van der Waals surface area contributed by atoms with Crippen LogP contribution in [0.15, 0.2) is 28.7 Å². The maximum Gasteiger partial charge on any atom is 0.223 e. The Labute approximate surface area is 135 Å². The summed E-state index contributed by atoms with van der Waals surface area (Å²) < 4.78 is 1.07. The van der Waals surface area contributed by atoms with Crippen LogP contribution in [-0.2, 0) is 11.2 Å². The van der Waals surface area contributed by atoms with Crippen molar-refractivity contribution in [1.82, 2.24) is 4.90 Å². The average Bonchev–Trinajstić information content (AvgIpc) is 2.45. The normalized spacial score (nSPS) is 18.5. The van der Waals surface area contributed by atoms with Gasteiger partial charge in [-0.15, -0.1) is 12.4 Å². The van der Waals surface area contributed by atoms with Crippen molar-refractivity contribution in [2.75, 3.05) is 13.1 Å². The van der Waals surface area contributed by atoms with Gasteiger partial charge in [-0.2, -0.15) is 0 Å². The van der Waals surface area contributed by atoms with Crippen molar-refractivity contribution in [3.8, 4) is 0 Å². The highest BCUT2D eigenvalue weighted by molar-refractivity contribution is 9.10. The second-order valence-corrected chi connectivity index (χ2v) is 6.02. The topological polar surface area (TPSA) is 46.3 Å². The zero-order valence-corrected chi connectivity index (χ0v) is 14.0. The third-order valence-corrected chi connectivity index (χ3v) is 4.23. The maximum absolute atomic E-state index is 12.3. The van der Waals surface area contributed by atoms with Gasteiger partial charge in [0.2, 0.25) is 5.91 Å². The molecule has 20 heavy (non-hydrogen) atoms. The fourth-order valence-corrected chi connectivity index (χ4v) is 3.11. The van der Waals surface area contributed by atoms with Gasteiger partial charge in [0.05, 0.1) is 0 Å². The van der Waals surface area contributed by atoms with Crippen molar-refractivity contribution in [1.29, 1.82) is 0 Å². The summed E-state index contributed by atoms with van der Waals surface area (Å²) >= 11 is 3.45. The molecular weight excluding hydrogens is 340 g/mol. The van der Waals surface area contributed by atoms with Gasteiger partial charge >= 0.3 is 0 Å². The molecule has 0 aliphatic carbocycles. The minimum atomic E-state index is 0. The van der Waals surface area contributed by atoms with E-state index in [2.05, 4.69) is 28.1 Å². The number of amides is 1. The largest absolute Gasteiger partial charge is 0.338 e. The minimum Gasteiger partial charge on any atom is -0.338 e. The molecule has 0 radical (unpaired) electrons. The molecule has 1 aliphatic rings. The number of nitrogens with two attached hydrogens (primary N) is 1. The molecule has 1 unspecified atom stereocenters. The minimum absolute atomic E-state index is 0. The molecule has 1 amide bonds. The third-order valence-electron chi connectivity index (χ3n) is 3.74. The van der Waals surface area contributed by atoms with Gasteiger partial charge in [-0.25, -0.2) is 0 Å². The summed E-state index contributed by atoms with van der Waals surface area (Å²) in [5, 5.41) is 0. The summed E-state index contributed by atoms with van der Waals surface area (Å²) in [6.45, 7) is 1.46. The summed E-state index contributed by atoms with van der Waals surface area (Å²) in [6.07, 6.45) is 4.73. The Morgan fingerprint density at radius 2 is 2.20 bits per heavy atom. The molecule has 1 heterocycles. The number of benzene rings is 1. The number of hydrogen-bond donors (Lipinski definition) is 1. The van der Waals surface area contributed by atoms with E-state index < -0.39 is 0 Å². The lowest BCUT2D eigenvalue weighted by molar-refractivity contribution is -0.134. The predicted octanol–water partition coefficient (Wildman–Crippen LogP) is 3.14. The van der Waals surface area contributed by atoms with E-state index in [1.807, 2.05) is 17.0 Å². The van der Waals surface area contributed by atoms with Crippen molar-refractivity contribution >= 4 is 34.2 Å². The molecule has 5 heteroatoms. The van der Waals surface area contributed by atoms with Gasteiger partial charge in [-0.1, -0.05) is 28.1 Å². The molecule has 1 saturated heterocycles. The summed E-state index contributed by atoms with van der Waals surface area (Å²) in [5.41, 5.74) is 6.96. The Hall–Kier alpha value is -0.580. The summed E-state index contributed by atoms with van der Waals surface area (Å²) in [4.78, 5) is 14.3.